The summed E-state index contributed by atoms with van der Waals surface area (Å²) in [6, 6.07) is 8.36. The zero-order valence-corrected chi connectivity index (χ0v) is 27.0. The van der Waals surface area contributed by atoms with Gasteiger partial charge in [0, 0.05) is 28.8 Å². The third-order valence-electron chi connectivity index (χ3n) is 7.99. The van der Waals surface area contributed by atoms with Crippen molar-refractivity contribution in [3.8, 4) is 22.4 Å². The number of anilines is 1. The molecule has 5 aromatic heterocycles. The molecule has 0 fully saturated rings. The summed E-state index contributed by atoms with van der Waals surface area (Å²) < 4.78 is 86.8. The Morgan fingerprint density at radius 1 is 0.959 bits per heavy atom. The fourth-order valence-electron chi connectivity index (χ4n) is 5.47. The van der Waals surface area contributed by atoms with E-state index in [-0.39, 0.29) is 43.5 Å². The lowest BCUT2D eigenvalue weighted by molar-refractivity contribution is -0.143. The van der Waals surface area contributed by atoms with E-state index in [1.807, 2.05) is 13.8 Å². The number of aromatic nitrogens is 6. The van der Waals surface area contributed by atoms with Crippen LogP contribution in [-0.4, -0.2) is 41.2 Å². The van der Waals surface area contributed by atoms with Crippen molar-refractivity contribution in [3.63, 3.8) is 0 Å². The lowest BCUT2D eigenvalue weighted by Gasteiger charge is -2.13. The molecule has 0 unspecified atom stereocenters. The van der Waals surface area contributed by atoms with Gasteiger partial charge < -0.3 is 11.1 Å². The number of pyridine rings is 1. The Kier molecular flexibility index (Phi) is 8.21. The summed E-state index contributed by atoms with van der Waals surface area (Å²) in [5.41, 5.74) is 3.96. The van der Waals surface area contributed by atoms with Gasteiger partial charge in [-0.1, -0.05) is 38.1 Å². The third kappa shape index (κ3) is 5.98. The minimum Gasteiger partial charge on any atom is -0.365 e. The van der Waals surface area contributed by atoms with Gasteiger partial charge in [-0.3, -0.25) is 14.3 Å². The second-order valence-corrected chi connectivity index (χ2v) is 12.4. The Hall–Kier alpha value is -5.32. The van der Waals surface area contributed by atoms with Crippen molar-refractivity contribution in [1.29, 1.82) is 0 Å². The first-order valence-electron chi connectivity index (χ1n) is 14.7. The number of thiophene rings is 1. The number of hydrogen-bond acceptors (Lipinski definition) is 7. The normalized spacial score (nSPS) is 12.4. The van der Waals surface area contributed by atoms with Gasteiger partial charge in [-0.2, -0.15) is 36.5 Å². The van der Waals surface area contributed by atoms with E-state index in [9.17, 15) is 35.9 Å². The Balaban J connectivity index is 1.54. The maximum absolute atomic E-state index is 14.3. The predicted octanol–water partition coefficient (Wildman–Crippen LogP) is 7.71. The van der Waals surface area contributed by atoms with Crippen molar-refractivity contribution >= 4 is 44.7 Å². The zero-order chi connectivity index (χ0) is 35.6. The lowest BCUT2D eigenvalue weighted by atomic mass is 10.0. The SMILES string of the molecule is CCn1ncc(-c2cc(C(F)(F)F)nc3sc(C(N)=O)c(NC(=O)c4cnn5c(C(F)(F)F)cc(-c6ccc(C(C)C)cc6)nc45)c23)c1C. The van der Waals surface area contributed by atoms with E-state index < -0.39 is 46.8 Å². The largest absolute Gasteiger partial charge is 0.433 e. The maximum atomic E-state index is 14.3. The van der Waals surface area contributed by atoms with Gasteiger partial charge in [0.15, 0.2) is 11.3 Å². The summed E-state index contributed by atoms with van der Waals surface area (Å²) in [5, 5.41) is 10.5. The molecule has 6 rings (SSSR count). The molecule has 5 heterocycles. The molecule has 49 heavy (non-hydrogen) atoms. The summed E-state index contributed by atoms with van der Waals surface area (Å²) in [7, 11) is 0. The molecule has 0 spiro atoms. The first-order valence-corrected chi connectivity index (χ1v) is 15.6. The van der Waals surface area contributed by atoms with Crippen LogP contribution in [-0.2, 0) is 18.9 Å². The zero-order valence-electron chi connectivity index (χ0n) is 26.2. The van der Waals surface area contributed by atoms with Crippen LogP contribution in [0.1, 0.15) is 69.4 Å². The molecule has 2 amide bonds. The fourth-order valence-corrected chi connectivity index (χ4v) is 6.48. The number of aryl methyl sites for hydroxylation is 1. The Morgan fingerprint density at radius 3 is 2.22 bits per heavy atom. The standard InChI is InChI=1S/C32H26F6N8O2S/c1-5-45-15(4)19(12-40-45)18-10-22(31(33,34)35)43-30-24(18)25(26(49-30)27(39)47)44-29(48)20-13-41-46-23(32(36,37)38)11-21(42-28(20)46)17-8-6-16(7-9-17)14(2)3/h6-14H,5H2,1-4H3,(H2,39,47)(H,44,48). The number of amides is 2. The van der Waals surface area contributed by atoms with E-state index in [0.29, 0.717) is 33.7 Å². The molecule has 254 valence electrons. The molecule has 0 bridgehead atoms. The highest BCUT2D eigenvalue weighted by atomic mass is 32.1. The summed E-state index contributed by atoms with van der Waals surface area (Å²) in [6.07, 6.45) is -7.53. The number of fused-ring (bicyclic) bond motifs is 2. The molecule has 0 saturated carbocycles. The molecule has 0 atom stereocenters. The topological polar surface area (TPSA) is 133 Å². The molecule has 10 nitrogen and oxygen atoms in total. The van der Waals surface area contributed by atoms with E-state index in [2.05, 4.69) is 25.5 Å². The Labute approximate surface area is 277 Å². The van der Waals surface area contributed by atoms with Gasteiger partial charge in [0.05, 0.1) is 23.8 Å². The van der Waals surface area contributed by atoms with Crippen LogP contribution in [0.4, 0.5) is 32.0 Å². The summed E-state index contributed by atoms with van der Waals surface area (Å²) in [6.45, 7) is 7.76. The van der Waals surface area contributed by atoms with Crippen LogP contribution in [0.25, 0.3) is 38.2 Å². The number of benzene rings is 1. The first-order chi connectivity index (χ1) is 23.0. The van der Waals surface area contributed by atoms with Crippen molar-refractivity contribution < 1.29 is 35.9 Å². The highest BCUT2D eigenvalue weighted by Crippen LogP contribution is 2.44. The van der Waals surface area contributed by atoms with Crippen molar-refractivity contribution in [2.75, 3.05) is 5.32 Å². The van der Waals surface area contributed by atoms with Gasteiger partial charge in [-0.05, 0) is 43.0 Å². The van der Waals surface area contributed by atoms with Crippen LogP contribution in [0.2, 0.25) is 0 Å². The quantitative estimate of drug-likeness (QED) is 0.164. The first kappa shape index (κ1) is 33.6. The molecular weight excluding hydrogens is 674 g/mol. The predicted molar refractivity (Wildman–Crippen MR) is 170 cm³/mol. The van der Waals surface area contributed by atoms with Crippen LogP contribution in [0, 0.1) is 6.92 Å². The fraction of sp³-hybridized carbons (Fsp3) is 0.250. The summed E-state index contributed by atoms with van der Waals surface area (Å²) in [4.78, 5) is 34.0. The van der Waals surface area contributed by atoms with Crippen molar-refractivity contribution in [3.05, 3.63) is 81.9 Å². The number of rotatable bonds is 7. The van der Waals surface area contributed by atoms with Crippen molar-refractivity contribution in [2.24, 2.45) is 5.73 Å². The molecule has 3 N–H and O–H groups in total. The number of alkyl halides is 6. The summed E-state index contributed by atoms with van der Waals surface area (Å²) >= 11 is 0.528. The average molecular weight is 701 g/mol. The smallest absolute Gasteiger partial charge is 0.365 e. The number of carbonyl (C=O) groups excluding carboxylic acids is 2. The van der Waals surface area contributed by atoms with Crippen LogP contribution in [0.3, 0.4) is 0 Å². The number of hydrogen-bond donors (Lipinski definition) is 2. The number of nitrogens with zero attached hydrogens (tertiary/aromatic N) is 6. The van der Waals surface area contributed by atoms with E-state index in [0.717, 1.165) is 23.9 Å². The molecule has 0 aliphatic rings. The van der Waals surface area contributed by atoms with Gasteiger partial charge in [-0.25, -0.2) is 14.5 Å². The van der Waals surface area contributed by atoms with Gasteiger partial charge in [-0.15, -0.1) is 11.3 Å². The molecule has 0 aliphatic carbocycles. The molecule has 17 heteroatoms. The van der Waals surface area contributed by atoms with Crippen LogP contribution in [0.15, 0.2) is 48.8 Å². The highest BCUT2D eigenvalue weighted by molar-refractivity contribution is 7.21. The van der Waals surface area contributed by atoms with Crippen molar-refractivity contribution in [2.45, 2.75) is 52.5 Å². The number of carbonyl (C=O) groups is 2. The van der Waals surface area contributed by atoms with Crippen LogP contribution in [0.5, 0.6) is 0 Å². The second kappa shape index (κ2) is 12.0. The second-order valence-electron chi connectivity index (χ2n) is 11.4. The minimum absolute atomic E-state index is 0.0368. The van der Waals surface area contributed by atoms with Crippen molar-refractivity contribution in [1.82, 2.24) is 29.4 Å². The van der Waals surface area contributed by atoms with E-state index in [1.165, 1.54) is 6.20 Å². The molecule has 0 aliphatic heterocycles. The van der Waals surface area contributed by atoms with Crippen LogP contribution >= 0.6 is 11.3 Å². The number of nitrogens with one attached hydrogen (secondary N) is 1. The number of nitrogens with two attached hydrogens (primary N) is 1. The summed E-state index contributed by atoms with van der Waals surface area (Å²) in [5.74, 6) is -1.96. The number of primary amides is 1. The van der Waals surface area contributed by atoms with Gasteiger partial charge >= 0.3 is 12.4 Å². The van der Waals surface area contributed by atoms with Gasteiger partial charge in [0.1, 0.15) is 21.0 Å². The molecule has 6 aromatic rings. The molecular formula is C32H26F6N8O2S. The van der Waals surface area contributed by atoms with E-state index in [4.69, 9.17) is 5.73 Å². The van der Waals surface area contributed by atoms with Crippen LogP contribution < -0.4 is 11.1 Å². The van der Waals surface area contributed by atoms with E-state index >= 15 is 0 Å². The average Bonchev–Trinajstić information content (AvgIpc) is 3.74. The highest BCUT2D eigenvalue weighted by Gasteiger charge is 2.37. The maximum Gasteiger partial charge on any atom is 0.433 e. The number of halogens is 6. The monoisotopic (exact) mass is 700 g/mol. The minimum atomic E-state index is -4.90. The lowest BCUT2D eigenvalue weighted by Crippen LogP contribution is -2.18. The molecule has 0 radical (unpaired) electrons. The third-order valence-corrected chi connectivity index (χ3v) is 9.09. The Bertz CT molecular complexity index is 2270. The van der Waals surface area contributed by atoms with Gasteiger partial charge in [0.25, 0.3) is 11.8 Å². The van der Waals surface area contributed by atoms with Gasteiger partial charge in [0.2, 0.25) is 0 Å². The molecule has 1 aromatic carbocycles. The molecule has 0 saturated heterocycles. The Morgan fingerprint density at radius 2 is 1.65 bits per heavy atom. The van der Waals surface area contributed by atoms with E-state index in [1.54, 1.807) is 42.8 Å².